The van der Waals surface area contributed by atoms with Crippen LogP contribution in [0.1, 0.15) is 24.1 Å². The molecule has 0 saturated carbocycles. The van der Waals surface area contributed by atoms with Gasteiger partial charge >= 0.3 is 0 Å². The number of hydrogen-bond acceptors (Lipinski definition) is 6. The van der Waals surface area contributed by atoms with E-state index in [2.05, 4.69) is 10.3 Å². The smallest absolute Gasteiger partial charge is 0.271 e. The molecule has 1 unspecified atom stereocenters. The van der Waals surface area contributed by atoms with E-state index in [1.165, 1.54) is 18.2 Å². The van der Waals surface area contributed by atoms with Gasteiger partial charge in [-0.2, -0.15) is 0 Å². The molecule has 1 heterocycles. The Bertz CT molecular complexity index is 970. The Hall–Kier alpha value is -2.87. The van der Waals surface area contributed by atoms with Crippen molar-refractivity contribution < 1.29 is 14.1 Å². The summed E-state index contributed by atoms with van der Waals surface area (Å²) in [4.78, 5) is 26.7. The van der Waals surface area contributed by atoms with E-state index in [9.17, 15) is 14.9 Å². The molecule has 0 aliphatic rings. The number of nitrogens with one attached hydrogen (secondary N) is 1. The summed E-state index contributed by atoms with van der Waals surface area (Å²) in [6, 6.07) is 12.0. The number of aromatic nitrogens is 1. The second-order valence-corrected chi connectivity index (χ2v) is 6.75. The van der Waals surface area contributed by atoms with Crippen molar-refractivity contribution in [3.63, 3.8) is 0 Å². The first kappa shape index (κ1) is 17.9. The Balaban J connectivity index is 1.61. The second kappa shape index (κ2) is 7.57. The average Bonchev–Trinajstić information content (AvgIpc) is 3.02. The maximum Gasteiger partial charge on any atom is 0.271 e. The predicted molar refractivity (Wildman–Crippen MR) is 99.1 cm³/mol. The van der Waals surface area contributed by atoms with Crippen molar-refractivity contribution >= 4 is 34.5 Å². The number of thioether (sulfide) groups is 1. The van der Waals surface area contributed by atoms with Gasteiger partial charge in [0.2, 0.25) is 5.91 Å². The van der Waals surface area contributed by atoms with Crippen LogP contribution in [0.4, 0.5) is 5.69 Å². The predicted octanol–water partition coefficient (Wildman–Crippen LogP) is 4.01. The summed E-state index contributed by atoms with van der Waals surface area (Å²) in [6.45, 7) is 3.94. The van der Waals surface area contributed by atoms with Crippen molar-refractivity contribution in [3.05, 3.63) is 63.7 Å². The van der Waals surface area contributed by atoms with E-state index in [1.807, 2.05) is 38.1 Å². The molecule has 0 aliphatic carbocycles. The second-order valence-electron chi connectivity index (χ2n) is 5.82. The fourth-order valence-corrected chi connectivity index (χ4v) is 3.28. The molecule has 1 atom stereocenters. The number of non-ortho nitro benzene ring substituents is 1. The molecule has 0 saturated heterocycles. The molecule has 0 spiro atoms. The van der Waals surface area contributed by atoms with Crippen LogP contribution in [0.2, 0.25) is 0 Å². The third-order valence-corrected chi connectivity index (χ3v) is 4.75. The van der Waals surface area contributed by atoms with Gasteiger partial charge in [-0.15, -0.1) is 0 Å². The molecular formula is C18H17N3O4S. The molecule has 0 aliphatic heterocycles. The minimum absolute atomic E-state index is 0.0489. The molecule has 0 radical (unpaired) electrons. The van der Waals surface area contributed by atoms with E-state index < -0.39 is 4.92 Å². The topological polar surface area (TPSA) is 98.3 Å². The Kier molecular flexibility index (Phi) is 5.22. The lowest BCUT2D eigenvalue weighted by Crippen LogP contribution is -2.28. The molecule has 134 valence electrons. The number of rotatable bonds is 6. The molecule has 1 amide bonds. The number of carbonyl (C=O) groups is 1. The number of aryl methyl sites for hydroxylation is 1. The minimum atomic E-state index is -0.485. The first-order chi connectivity index (χ1) is 12.4. The zero-order valence-corrected chi connectivity index (χ0v) is 15.1. The zero-order valence-electron chi connectivity index (χ0n) is 14.3. The maximum atomic E-state index is 12.2. The Labute approximate surface area is 153 Å². The van der Waals surface area contributed by atoms with Crippen LogP contribution in [-0.4, -0.2) is 21.6 Å². The van der Waals surface area contributed by atoms with E-state index in [0.717, 1.165) is 22.9 Å². The third kappa shape index (κ3) is 4.02. The van der Waals surface area contributed by atoms with Crippen molar-refractivity contribution in [3.8, 4) is 0 Å². The molecule has 3 rings (SSSR count). The Morgan fingerprint density at radius 1 is 1.35 bits per heavy atom. The van der Waals surface area contributed by atoms with Gasteiger partial charge in [-0.3, -0.25) is 14.9 Å². The molecule has 2 aromatic carbocycles. The van der Waals surface area contributed by atoms with Gasteiger partial charge in [-0.1, -0.05) is 36.0 Å². The number of carbonyl (C=O) groups excluding carboxylic acids is 1. The van der Waals surface area contributed by atoms with Crippen LogP contribution < -0.4 is 5.32 Å². The monoisotopic (exact) mass is 371 g/mol. The number of nitrogens with zero attached hydrogens (tertiary/aromatic N) is 2. The minimum Gasteiger partial charge on any atom is -0.431 e. The summed E-state index contributed by atoms with van der Waals surface area (Å²) in [6.07, 6.45) is 0. The quantitative estimate of drug-likeness (QED) is 0.399. The Morgan fingerprint density at radius 3 is 2.85 bits per heavy atom. The summed E-state index contributed by atoms with van der Waals surface area (Å²) >= 11 is 1.15. The molecule has 1 aromatic heterocycles. The average molecular weight is 371 g/mol. The van der Waals surface area contributed by atoms with E-state index >= 15 is 0 Å². The largest absolute Gasteiger partial charge is 0.431 e. The maximum absolute atomic E-state index is 12.2. The molecule has 26 heavy (non-hydrogen) atoms. The van der Waals surface area contributed by atoms with Crippen LogP contribution in [0.15, 0.2) is 52.1 Å². The molecule has 0 bridgehead atoms. The molecule has 8 heteroatoms. The highest BCUT2D eigenvalue weighted by atomic mass is 32.2. The van der Waals surface area contributed by atoms with E-state index in [0.29, 0.717) is 16.3 Å². The van der Waals surface area contributed by atoms with Gasteiger partial charge in [0.15, 0.2) is 5.58 Å². The number of nitro groups is 1. The van der Waals surface area contributed by atoms with Crippen LogP contribution >= 0.6 is 11.8 Å². The normalized spacial score (nSPS) is 12.1. The number of hydrogen-bond donors (Lipinski definition) is 1. The molecule has 1 N–H and O–H groups in total. The van der Waals surface area contributed by atoms with Crippen LogP contribution in [0.3, 0.4) is 0 Å². The van der Waals surface area contributed by atoms with Crippen molar-refractivity contribution in [2.75, 3.05) is 5.75 Å². The van der Waals surface area contributed by atoms with Crippen LogP contribution in [0.5, 0.6) is 0 Å². The number of amides is 1. The number of benzene rings is 2. The standard InChI is InChI=1S/C18H17N3O4S/c1-11-5-3-4-6-14(11)12(2)19-17(22)10-26-18-20-15-9-13(21(23)24)7-8-16(15)25-18/h3-9,12H,10H2,1-2H3,(H,19,22). The first-order valence-corrected chi connectivity index (χ1v) is 8.95. The fourth-order valence-electron chi connectivity index (χ4n) is 2.63. The number of fused-ring (bicyclic) bond motifs is 1. The van der Waals surface area contributed by atoms with Crippen LogP contribution in [0, 0.1) is 17.0 Å². The summed E-state index contributed by atoms with van der Waals surface area (Å²) < 4.78 is 5.51. The van der Waals surface area contributed by atoms with E-state index in [1.54, 1.807) is 0 Å². The van der Waals surface area contributed by atoms with Crippen molar-refractivity contribution in [2.45, 2.75) is 25.1 Å². The molecule has 3 aromatic rings. The van der Waals surface area contributed by atoms with Crippen molar-refractivity contribution in [1.82, 2.24) is 10.3 Å². The summed E-state index contributed by atoms with van der Waals surface area (Å²) in [5.41, 5.74) is 2.99. The van der Waals surface area contributed by atoms with Crippen LogP contribution in [-0.2, 0) is 4.79 Å². The SMILES string of the molecule is Cc1ccccc1C(C)NC(=O)CSc1nc2cc([N+](=O)[O-])ccc2o1. The highest BCUT2D eigenvalue weighted by molar-refractivity contribution is 7.99. The van der Waals surface area contributed by atoms with Gasteiger partial charge in [-0.25, -0.2) is 4.98 Å². The molecule has 7 nitrogen and oxygen atoms in total. The van der Waals surface area contributed by atoms with Gasteiger partial charge in [0, 0.05) is 12.1 Å². The highest BCUT2D eigenvalue weighted by Crippen LogP contribution is 2.26. The van der Waals surface area contributed by atoms with Gasteiger partial charge in [-0.05, 0) is 31.0 Å². The van der Waals surface area contributed by atoms with Crippen LogP contribution in [0.25, 0.3) is 11.1 Å². The highest BCUT2D eigenvalue weighted by Gasteiger charge is 2.15. The van der Waals surface area contributed by atoms with Gasteiger partial charge in [0.25, 0.3) is 10.9 Å². The summed E-state index contributed by atoms with van der Waals surface area (Å²) in [5.74, 6) is 0.00416. The Morgan fingerprint density at radius 2 is 2.12 bits per heavy atom. The number of nitro benzene ring substituents is 1. The molecular weight excluding hydrogens is 354 g/mol. The third-order valence-electron chi connectivity index (χ3n) is 3.92. The first-order valence-electron chi connectivity index (χ1n) is 7.96. The van der Waals surface area contributed by atoms with Gasteiger partial charge in [0.1, 0.15) is 5.52 Å². The summed E-state index contributed by atoms with van der Waals surface area (Å²) in [7, 11) is 0. The fraction of sp³-hybridized carbons (Fsp3) is 0.222. The van der Waals surface area contributed by atoms with Crippen molar-refractivity contribution in [1.29, 1.82) is 0 Å². The van der Waals surface area contributed by atoms with Gasteiger partial charge < -0.3 is 9.73 Å². The lowest BCUT2D eigenvalue weighted by Gasteiger charge is -2.16. The molecule has 0 fully saturated rings. The van der Waals surface area contributed by atoms with E-state index in [-0.39, 0.29) is 23.4 Å². The zero-order chi connectivity index (χ0) is 18.7. The van der Waals surface area contributed by atoms with E-state index in [4.69, 9.17) is 4.42 Å². The number of oxazole rings is 1. The lowest BCUT2D eigenvalue weighted by molar-refractivity contribution is -0.384. The lowest BCUT2D eigenvalue weighted by atomic mass is 10.0. The summed E-state index contributed by atoms with van der Waals surface area (Å²) in [5, 5.41) is 14.1. The van der Waals surface area contributed by atoms with Gasteiger partial charge in [0.05, 0.1) is 16.7 Å². The van der Waals surface area contributed by atoms with Crippen molar-refractivity contribution in [2.24, 2.45) is 0 Å².